The summed E-state index contributed by atoms with van der Waals surface area (Å²) < 4.78 is 27.4. The van der Waals surface area contributed by atoms with Gasteiger partial charge in [0, 0.05) is 18.3 Å². The molecule has 2 heterocycles. The number of aromatic nitrogens is 1. The summed E-state index contributed by atoms with van der Waals surface area (Å²) in [5.74, 6) is -2.04. The molecule has 3 N–H and O–H groups in total. The Labute approximate surface area is 153 Å². The Hall–Kier alpha value is -3.36. The van der Waals surface area contributed by atoms with Gasteiger partial charge in [-0.15, -0.1) is 0 Å². The lowest BCUT2D eigenvalue weighted by molar-refractivity contribution is -0.128. The van der Waals surface area contributed by atoms with Crippen molar-refractivity contribution in [3.05, 3.63) is 59.4 Å². The third-order valence-corrected chi connectivity index (χ3v) is 4.34. The number of carbonyl (C=O) groups excluding carboxylic acids is 2. The quantitative estimate of drug-likeness (QED) is 0.859. The largest absolute Gasteiger partial charge is 0.369 e. The lowest BCUT2D eigenvalue weighted by Crippen LogP contribution is -2.47. The summed E-state index contributed by atoms with van der Waals surface area (Å²) in [4.78, 5) is 33.5. The first-order valence-electron chi connectivity index (χ1n) is 8.04. The Balaban J connectivity index is 1.92. The van der Waals surface area contributed by atoms with Gasteiger partial charge in [0.1, 0.15) is 17.3 Å². The van der Waals surface area contributed by atoms with Gasteiger partial charge in [-0.05, 0) is 37.3 Å². The third kappa shape index (κ3) is 3.62. The molecule has 1 aliphatic heterocycles. The van der Waals surface area contributed by atoms with E-state index in [4.69, 9.17) is 5.73 Å². The van der Waals surface area contributed by atoms with Gasteiger partial charge in [-0.1, -0.05) is 0 Å². The van der Waals surface area contributed by atoms with Gasteiger partial charge in [0.15, 0.2) is 5.96 Å². The smallest absolute Gasteiger partial charge is 0.274 e. The average molecular weight is 373 g/mol. The molecule has 2 aromatic rings. The number of amides is 2. The molecule has 7 nitrogen and oxygen atoms in total. The molecule has 3 rings (SSSR count). The first kappa shape index (κ1) is 18.4. The highest BCUT2D eigenvalue weighted by atomic mass is 19.1. The SMILES string of the molecule is CN1C(=O)CC(C)(c2cc(NC(=O)c3ccc(F)cn3)ccc2F)N=C1N. The van der Waals surface area contributed by atoms with Crippen molar-refractivity contribution in [3.63, 3.8) is 0 Å². The molecule has 1 aromatic carbocycles. The minimum absolute atomic E-state index is 0.00483. The van der Waals surface area contributed by atoms with E-state index in [0.29, 0.717) is 0 Å². The molecule has 140 valence electrons. The first-order chi connectivity index (χ1) is 12.7. The van der Waals surface area contributed by atoms with Gasteiger partial charge in [0.25, 0.3) is 5.91 Å². The van der Waals surface area contributed by atoms with Crippen LogP contribution < -0.4 is 11.1 Å². The molecule has 0 saturated heterocycles. The summed E-state index contributed by atoms with van der Waals surface area (Å²) in [5, 5.41) is 2.57. The van der Waals surface area contributed by atoms with Crippen LogP contribution in [0.3, 0.4) is 0 Å². The van der Waals surface area contributed by atoms with Gasteiger partial charge in [0.2, 0.25) is 5.91 Å². The molecule has 9 heteroatoms. The minimum atomic E-state index is -1.20. The number of carbonyl (C=O) groups is 2. The van der Waals surface area contributed by atoms with Crippen LogP contribution in [0.4, 0.5) is 14.5 Å². The number of aliphatic imine (C=N–C) groups is 1. The molecule has 1 aromatic heterocycles. The molecule has 1 aliphatic rings. The Bertz CT molecular complexity index is 945. The molecular formula is C18H17F2N5O2. The van der Waals surface area contributed by atoms with Crippen LogP contribution in [0.5, 0.6) is 0 Å². The lowest BCUT2D eigenvalue weighted by atomic mass is 9.87. The normalized spacial score (nSPS) is 19.6. The third-order valence-electron chi connectivity index (χ3n) is 4.34. The van der Waals surface area contributed by atoms with Crippen molar-refractivity contribution < 1.29 is 18.4 Å². The number of hydrogen-bond acceptors (Lipinski definition) is 5. The molecule has 2 amide bonds. The molecule has 0 aliphatic carbocycles. The van der Waals surface area contributed by atoms with Crippen LogP contribution in [-0.4, -0.2) is 34.7 Å². The maximum absolute atomic E-state index is 14.5. The summed E-state index contributed by atoms with van der Waals surface area (Å²) in [5.41, 5.74) is 4.97. The maximum Gasteiger partial charge on any atom is 0.274 e. The summed E-state index contributed by atoms with van der Waals surface area (Å²) in [7, 11) is 1.49. The number of nitrogens with zero attached hydrogens (tertiary/aromatic N) is 3. The van der Waals surface area contributed by atoms with E-state index in [1.165, 1.54) is 36.2 Å². The fourth-order valence-corrected chi connectivity index (χ4v) is 2.78. The zero-order valence-electron chi connectivity index (χ0n) is 14.7. The highest BCUT2D eigenvalue weighted by Gasteiger charge is 2.38. The second-order valence-corrected chi connectivity index (χ2v) is 6.38. The molecule has 0 saturated carbocycles. The van der Waals surface area contributed by atoms with Crippen molar-refractivity contribution in [3.8, 4) is 0 Å². The summed E-state index contributed by atoms with van der Waals surface area (Å²) in [6, 6.07) is 6.28. The highest BCUT2D eigenvalue weighted by molar-refractivity contribution is 6.03. The number of nitrogens with one attached hydrogen (secondary N) is 1. The monoisotopic (exact) mass is 373 g/mol. The zero-order valence-corrected chi connectivity index (χ0v) is 14.7. The molecule has 0 fully saturated rings. The van der Waals surface area contributed by atoms with E-state index in [1.807, 2.05) is 0 Å². The van der Waals surface area contributed by atoms with E-state index in [2.05, 4.69) is 15.3 Å². The predicted octanol–water partition coefficient (Wildman–Crippen LogP) is 2.00. The van der Waals surface area contributed by atoms with E-state index in [0.717, 1.165) is 12.3 Å². The van der Waals surface area contributed by atoms with Crippen LogP contribution >= 0.6 is 0 Å². The first-order valence-corrected chi connectivity index (χ1v) is 8.04. The van der Waals surface area contributed by atoms with Crippen LogP contribution in [0.15, 0.2) is 41.5 Å². The molecule has 0 radical (unpaired) electrons. The fraction of sp³-hybridized carbons (Fsp3) is 0.222. The van der Waals surface area contributed by atoms with Gasteiger partial charge in [-0.3, -0.25) is 14.5 Å². The van der Waals surface area contributed by atoms with Crippen molar-refractivity contribution >= 4 is 23.5 Å². The van der Waals surface area contributed by atoms with Crippen molar-refractivity contribution in [2.75, 3.05) is 12.4 Å². The van der Waals surface area contributed by atoms with E-state index >= 15 is 0 Å². The van der Waals surface area contributed by atoms with Gasteiger partial charge in [0.05, 0.1) is 18.2 Å². The van der Waals surface area contributed by atoms with Crippen LogP contribution in [0.25, 0.3) is 0 Å². The van der Waals surface area contributed by atoms with Crippen LogP contribution in [0.2, 0.25) is 0 Å². The number of halogens is 2. The molecular weight excluding hydrogens is 356 g/mol. The number of pyridine rings is 1. The Morgan fingerprint density at radius 3 is 2.67 bits per heavy atom. The number of hydrogen-bond donors (Lipinski definition) is 2. The standard InChI is InChI=1S/C18H17F2N5O2/c1-18(8-15(26)25(2)17(21)24-18)12-7-11(4-5-13(12)20)23-16(27)14-6-3-10(19)9-22-14/h3-7,9H,8H2,1-2H3,(H2,21,24)(H,23,27). The summed E-state index contributed by atoms with van der Waals surface area (Å²) in [6.45, 7) is 1.59. The fourth-order valence-electron chi connectivity index (χ4n) is 2.78. The average Bonchev–Trinajstić information content (AvgIpc) is 2.61. The molecule has 0 bridgehead atoms. The minimum Gasteiger partial charge on any atom is -0.369 e. The van der Waals surface area contributed by atoms with Crippen molar-refractivity contribution in [1.29, 1.82) is 0 Å². The topological polar surface area (TPSA) is 101 Å². The lowest BCUT2D eigenvalue weighted by Gasteiger charge is -2.34. The second kappa shape index (κ2) is 6.75. The van der Waals surface area contributed by atoms with Gasteiger partial charge < -0.3 is 11.1 Å². The van der Waals surface area contributed by atoms with Gasteiger partial charge >= 0.3 is 0 Å². The van der Waals surface area contributed by atoms with E-state index in [1.54, 1.807) is 6.92 Å². The predicted molar refractivity (Wildman–Crippen MR) is 94.9 cm³/mol. The van der Waals surface area contributed by atoms with Crippen molar-refractivity contribution in [2.45, 2.75) is 18.9 Å². The van der Waals surface area contributed by atoms with Gasteiger partial charge in [-0.25, -0.2) is 18.8 Å². The van der Waals surface area contributed by atoms with Crippen LogP contribution in [0.1, 0.15) is 29.4 Å². The number of nitrogens with two attached hydrogens (primary N) is 1. The van der Waals surface area contributed by atoms with Crippen molar-refractivity contribution in [1.82, 2.24) is 9.88 Å². The molecule has 1 unspecified atom stereocenters. The maximum atomic E-state index is 14.5. The summed E-state index contributed by atoms with van der Waals surface area (Å²) in [6.07, 6.45) is 0.853. The molecule has 1 atom stereocenters. The molecule has 27 heavy (non-hydrogen) atoms. The van der Waals surface area contributed by atoms with Crippen LogP contribution in [0, 0.1) is 11.6 Å². The second-order valence-electron chi connectivity index (χ2n) is 6.38. The van der Waals surface area contributed by atoms with E-state index in [9.17, 15) is 18.4 Å². The number of guanidine groups is 1. The number of anilines is 1. The van der Waals surface area contributed by atoms with Crippen molar-refractivity contribution in [2.24, 2.45) is 10.7 Å². The number of rotatable bonds is 3. The van der Waals surface area contributed by atoms with E-state index < -0.39 is 23.1 Å². The highest BCUT2D eigenvalue weighted by Crippen LogP contribution is 2.35. The number of benzene rings is 1. The molecule has 0 spiro atoms. The Morgan fingerprint density at radius 2 is 2.04 bits per heavy atom. The van der Waals surface area contributed by atoms with Gasteiger partial charge in [-0.2, -0.15) is 0 Å². The van der Waals surface area contributed by atoms with Crippen LogP contribution in [-0.2, 0) is 10.3 Å². The Morgan fingerprint density at radius 1 is 1.30 bits per heavy atom. The summed E-state index contributed by atoms with van der Waals surface area (Å²) >= 11 is 0. The van der Waals surface area contributed by atoms with E-state index in [-0.39, 0.29) is 35.2 Å². The zero-order chi connectivity index (χ0) is 19.8. The Kier molecular flexibility index (Phi) is 4.61.